The van der Waals surface area contributed by atoms with Crippen molar-refractivity contribution in [1.29, 1.82) is 0 Å². The molecule has 0 fully saturated rings. The first-order valence-electron chi connectivity index (χ1n) is 8.48. The summed E-state index contributed by atoms with van der Waals surface area (Å²) in [5, 5.41) is 0.219. The molecule has 1 heterocycles. The van der Waals surface area contributed by atoms with E-state index in [-0.39, 0.29) is 17.2 Å². The van der Waals surface area contributed by atoms with Crippen molar-refractivity contribution in [2.45, 2.75) is 6.42 Å². The van der Waals surface area contributed by atoms with Gasteiger partial charge in [-0.1, -0.05) is 23.5 Å². The van der Waals surface area contributed by atoms with Gasteiger partial charge >= 0.3 is 0 Å². The number of amides is 1. The number of para-hydroxylation sites is 1. The molecule has 0 unspecified atom stereocenters. The van der Waals surface area contributed by atoms with Gasteiger partial charge in [-0.05, 0) is 24.3 Å². The Labute approximate surface area is 158 Å². The SMILES string of the molecule is C[NH+](C)CCCN(C(=O)c1c(F)cccc1F)c1nc2c(F)cccc2s1. The quantitative estimate of drug-likeness (QED) is 0.698. The first kappa shape index (κ1) is 19.3. The zero-order valence-corrected chi connectivity index (χ0v) is 15.7. The second-order valence-electron chi connectivity index (χ2n) is 6.45. The molecule has 3 rings (SSSR count). The molecule has 0 aliphatic carbocycles. The fraction of sp³-hybridized carbons (Fsp3) is 0.263. The summed E-state index contributed by atoms with van der Waals surface area (Å²) in [6, 6.07) is 7.80. The standard InChI is InChI=1S/C19H18F3N3OS/c1-24(2)10-5-11-25(18(26)16-12(20)6-3-7-13(16)21)19-23-17-14(22)8-4-9-15(17)27-19/h3-4,6-9H,5,10-11H2,1-2H3/p+1. The van der Waals surface area contributed by atoms with Crippen molar-refractivity contribution in [3.8, 4) is 0 Å². The van der Waals surface area contributed by atoms with Crippen molar-refractivity contribution in [2.24, 2.45) is 0 Å². The number of carbonyl (C=O) groups excluding carboxylic acids is 1. The normalized spacial score (nSPS) is 11.3. The maximum absolute atomic E-state index is 14.1. The van der Waals surface area contributed by atoms with Crippen molar-refractivity contribution >= 4 is 32.6 Å². The highest BCUT2D eigenvalue weighted by Gasteiger charge is 2.27. The van der Waals surface area contributed by atoms with Gasteiger partial charge in [0.15, 0.2) is 5.13 Å². The molecule has 27 heavy (non-hydrogen) atoms. The minimum Gasteiger partial charge on any atom is -0.340 e. The van der Waals surface area contributed by atoms with Crippen LogP contribution in [-0.4, -0.2) is 38.1 Å². The topological polar surface area (TPSA) is 37.6 Å². The van der Waals surface area contributed by atoms with E-state index in [1.807, 2.05) is 14.1 Å². The molecule has 0 saturated heterocycles. The fourth-order valence-electron chi connectivity index (χ4n) is 2.73. The van der Waals surface area contributed by atoms with Crippen LogP contribution in [0, 0.1) is 17.5 Å². The molecule has 2 aromatic carbocycles. The fourth-order valence-corrected chi connectivity index (χ4v) is 3.73. The van der Waals surface area contributed by atoms with Crippen molar-refractivity contribution in [3.05, 3.63) is 59.4 Å². The lowest BCUT2D eigenvalue weighted by Crippen LogP contribution is -3.05. The summed E-state index contributed by atoms with van der Waals surface area (Å²) >= 11 is 1.12. The summed E-state index contributed by atoms with van der Waals surface area (Å²) < 4.78 is 42.8. The Bertz CT molecular complexity index is 954. The Balaban J connectivity index is 2.02. The number of hydrogen-bond donors (Lipinski definition) is 1. The van der Waals surface area contributed by atoms with E-state index >= 15 is 0 Å². The van der Waals surface area contributed by atoms with E-state index < -0.39 is 28.9 Å². The number of nitrogens with zero attached hydrogens (tertiary/aromatic N) is 2. The molecule has 0 atom stereocenters. The molecule has 0 aliphatic heterocycles. The average Bonchev–Trinajstić information content (AvgIpc) is 3.03. The number of thiazole rings is 1. The summed E-state index contributed by atoms with van der Waals surface area (Å²) in [5.41, 5.74) is -0.489. The lowest BCUT2D eigenvalue weighted by molar-refractivity contribution is -0.858. The molecular formula is C19H19F3N3OS+. The highest BCUT2D eigenvalue weighted by molar-refractivity contribution is 7.22. The van der Waals surface area contributed by atoms with Gasteiger partial charge in [0.05, 0.1) is 25.3 Å². The molecule has 0 saturated carbocycles. The number of anilines is 1. The van der Waals surface area contributed by atoms with Crippen LogP contribution < -0.4 is 9.80 Å². The lowest BCUT2D eigenvalue weighted by Gasteiger charge is -2.20. The molecule has 1 aromatic heterocycles. The largest absolute Gasteiger partial charge is 0.340 e. The molecule has 0 spiro atoms. The lowest BCUT2D eigenvalue weighted by atomic mass is 10.1. The van der Waals surface area contributed by atoms with Crippen LogP contribution in [0.1, 0.15) is 16.8 Å². The predicted octanol–water partition coefficient (Wildman–Crippen LogP) is 2.90. The van der Waals surface area contributed by atoms with E-state index in [1.54, 1.807) is 12.1 Å². The molecule has 0 aliphatic rings. The van der Waals surface area contributed by atoms with Crippen molar-refractivity contribution in [1.82, 2.24) is 4.98 Å². The van der Waals surface area contributed by atoms with Crippen LogP contribution in [0.5, 0.6) is 0 Å². The molecular weight excluding hydrogens is 375 g/mol. The Morgan fingerprint density at radius 1 is 1.07 bits per heavy atom. The third-order valence-corrected chi connectivity index (χ3v) is 5.11. The van der Waals surface area contributed by atoms with E-state index in [2.05, 4.69) is 4.98 Å². The summed E-state index contributed by atoms with van der Waals surface area (Å²) in [7, 11) is 3.94. The van der Waals surface area contributed by atoms with Gasteiger partial charge in [0.1, 0.15) is 28.5 Å². The third-order valence-electron chi connectivity index (χ3n) is 4.07. The maximum atomic E-state index is 14.1. The Morgan fingerprint density at radius 2 is 1.70 bits per heavy atom. The molecule has 4 nitrogen and oxygen atoms in total. The molecule has 142 valence electrons. The van der Waals surface area contributed by atoms with Crippen LogP contribution >= 0.6 is 11.3 Å². The first-order valence-corrected chi connectivity index (χ1v) is 9.30. The number of quaternary nitrogens is 1. The summed E-state index contributed by atoms with van der Waals surface area (Å²) in [4.78, 5) is 19.6. The molecule has 1 amide bonds. The van der Waals surface area contributed by atoms with Gasteiger partial charge in [-0.25, -0.2) is 18.2 Å². The number of hydrogen-bond acceptors (Lipinski definition) is 3. The predicted molar refractivity (Wildman–Crippen MR) is 99.9 cm³/mol. The number of aromatic nitrogens is 1. The van der Waals surface area contributed by atoms with E-state index in [9.17, 15) is 18.0 Å². The third kappa shape index (κ3) is 4.12. The maximum Gasteiger partial charge on any atom is 0.266 e. The number of benzene rings is 2. The molecule has 1 N–H and O–H groups in total. The Kier molecular flexibility index (Phi) is 5.76. The van der Waals surface area contributed by atoms with Crippen LogP contribution in [0.25, 0.3) is 10.2 Å². The van der Waals surface area contributed by atoms with Crippen molar-refractivity contribution in [2.75, 3.05) is 32.1 Å². The molecule has 0 radical (unpaired) electrons. The highest BCUT2D eigenvalue weighted by atomic mass is 32.1. The van der Waals surface area contributed by atoms with E-state index in [0.29, 0.717) is 11.1 Å². The van der Waals surface area contributed by atoms with Crippen LogP contribution in [0.4, 0.5) is 18.3 Å². The molecule has 3 aromatic rings. The number of carbonyl (C=O) groups is 1. The monoisotopic (exact) mass is 394 g/mol. The van der Waals surface area contributed by atoms with Crippen LogP contribution in [0.15, 0.2) is 36.4 Å². The van der Waals surface area contributed by atoms with E-state index in [0.717, 1.165) is 30.0 Å². The zero-order chi connectivity index (χ0) is 19.6. The summed E-state index contributed by atoms with van der Waals surface area (Å²) in [6.45, 7) is 0.974. The van der Waals surface area contributed by atoms with Crippen LogP contribution in [0.3, 0.4) is 0 Å². The van der Waals surface area contributed by atoms with E-state index in [4.69, 9.17) is 0 Å². The second kappa shape index (κ2) is 8.06. The molecule has 8 heteroatoms. The van der Waals surface area contributed by atoms with Crippen molar-refractivity contribution < 1.29 is 22.9 Å². The van der Waals surface area contributed by atoms with Crippen LogP contribution in [0.2, 0.25) is 0 Å². The van der Waals surface area contributed by atoms with Gasteiger partial charge in [0, 0.05) is 13.0 Å². The van der Waals surface area contributed by atoms with Gasteiger partial charge < -0.3 is 4.90 Å². The van der Waals surface area contributed by atoms with Gasteiger partial charge in [-0.3, -0.25) is 9.69 Å². The average molecular weight is 394 g/mol. The van der Waals surface area contributed by atoms with E-state index in [1.165, 1.54) is 21.9 Å². The van der Waals surface area contributed by atoms with Crippen molar-refractivity contribution in [3.63, 3.8) is 0 Å². The van der Waals surface area contributed by atoms with Crippen LogP contribution in [-0.2, 0) is 0 Å². The minimum absolute atomic E-state index is 0.141. The van der Waals surface area contributed by atoms with Gasteiger partial charge in [0.25, 0.3) is 5.91 Å². The Hall–Kier alpha value is -2.45. The molecule has 0 bridgehead atoms. The van der Waals surface area contributed by atoms with Gasteiger partial charge in [-0.15, -0.1) is 0 Å². The first-order chi connectivity index (χ1) is 12.9. The second-order valence-corrected chi connectivity index (χ2v) is 7.46. The zero-order valence-electron chi connectivity index (χ0n) is 14.9. The smallest absolute Gasteiger partial charge is 0.266 e. The van der Waals surface area contributed by atoms with Gasteiger partial charge in [0.2, 0.25) is 0 Å². The Morgan fingerprint density at radius 3 is 2.33 bits per heavy atom. The number of fused-ring (bicyclic) bond motifs is 1. The minimum atomic E-state index is -0.935. The number of rotatable bonds is 6. The van der Waals surface area contributed by atoms with Gasteiger partial charge in [-0.2, -0.15) is 0 Å². The number of nitrogens with one attached hydrogen (secondary N) is 1. The highest BCUT2D eigenvalue weighted by Crippen LogP contribution is 2.31. The summed E-state index contributed by atoms with van der Waals surface area (Å²) in [6.07, 6.45) is 0.600. The summed E-state index contributed by atoms with van der Waals surface area (Å²) in [5.74, 6) is -3.19. The number of halogens is 3.